The molecule has 0 fully saturated rings. The van der Waals surface area contributed by atoms with Gasteiger partial charge in [0.15, 0.2) is 5.78 Å². The SMILES string of the molecule is CCOC(=O)N1c2ccc(C(F)(F)F)cc2C(Cl)(C(=O)COC)CC1CC. The van der Waals surface area contributed by atoms with Crippen molar-refractivity contribution in [1.82, 2.24) is 0 Å². The number of fused-ring (bicyclic) bond motifs is 1. The van der Waals surface area contributed by atoms with Crippen LogP contribution in [0.3, 0.4) is 0 Å². The van der Waals surface area contributed by atoms with Gasteiger partial charge in [0.25, 0.3) is 0 Å². The second-order valence-electron chi connectivity index (χ2n) is 6.22. The highest BCUT2D eigenvalue weighted by molar-refractivity contribution is 6.36. The summed E-state index contributed by atoms with van der Waals surface area (Å²) in [6.07, 6.45) is -4.91. The Morgan fingerprint density at radius 3 is 2.52 bits per heavy atom. The Morgan fingerprint density at radius 1 is 1.33 bits per heavy atom. The van der Waals surface area contributed by atoms with Crippen LogP contribution >= 0.6 is 11.6 Å². The number of methoxy groups -OCH3 is 1. The van der Waals surface area contributed by atoms with E-state index in [4.69, 9.17) is 21.1 Å². The number of hydrogen-bond acceptors (Lipinski definition) is 4. The Bertz CT molecular complexity index is 725. The fourth-order valence-electron chi connectivity index (χ4n) is 3.24. The van der Waals surface area contributed by atoms with Crippen molar-refractivity contribution in [2.75, 3.05) is 25.2 Å². The lowest BCUT2D eigenvalue weighted by Crippen LogP contribution is -2.51. The zero-order valence-electron chi connectivity index (χ0n) is 15.2. The standard InChI is InChI=1S/C18H21ClF3NO4/c1-4-12-9-17(19,15(24)10-26-3)13-8-11(18(20,21)22)6-7-14(13)23(12)16(25)27-5-2/h6-8,12H,4-5,9-10H2,1-3H3. The average Bonchev–Trinajstić information content (AvgIpc) is 2.60. The van der Waals surface area contributed by atoms with Crippen LogP contribution in [0.25, 0.3) is 0 Å². The Kier molecular flexibility index (Phi) is 6.42. The normalized spacial score (nSPS) is 22.3. The first-order valence-corrected chi connectivity index (χ1v) is 8.86. The molecule has 5 nitrogen and oxygen atoms in total. The molecule has 0 radical (unpaired) electrons. The molecule has 1 aromatic rings. The molecule has 0 bridgehead atoms. The van der Waals surface area contributed by atoms with Crippen LogP contribution in [0.1, 0.15) is 37.8 Å². The number of benzene rings is 1. The van der Waals surface area contributed by atoms with Gasteiger partial charge in [-0.1, -0.05) is 6.92 Å². The Morgan fingerprint density at radius 2 is 2.00 bits per heavy atom. The Hall–Kier alpha value is -1.80. The van der Waals surface area contributed by atoms with Gasteiger partial charge in [-0.15, -0.1) is 11.6 Å². The minimum absolute atomic E-state index is 0.0413. The third kappa shape index (κ3) is 4.06. The van der Waals surface area contributed by atoms with E-state index in [2.05, 4.69) is 0 Å². The first-order chi connectivity index (χ1) is 12.6. The number of anilines is 1. The molecule has 150 valence electrons. The van der Waals surface area contributed by atoms with Crippen LogP contribution in [0.15, 0.2) is 18.2 Å². The van der Waals surface area contributed by atoms with Gasteiger partial charge in [0.2, 0.25) is 0 Å². The predicted octanol–water partition coefficient (Wildman–Crippen LogP) is 4.50. The molecule has 0 N–H and O–H groups in total. The summed E-state index contributed by atoms with van der Waals surface area (Å²) in [6, 6.07) is 2.34. The number of carbonyl (C=O) groups excluding carboxylic acids is 2. The lowest BCUT2D eigenvalue weighted by molar-refractivity contribution is -0.137. The number of amides is 1. The van der Waals surface area contributed by atoms with Gasteiger partial charge in [0.05, 0.1) is 17.9 Å². The van der Waals surface area contributed by atoms with Crippen molar-refractivity contribution in [1.29, 1.82) is 0 Å². The van der Waals surface area contributed by atoms with Crippen molar-refractivity contribution in [2.45, 2.75) is 43.8 Å². The summed E-state index contributed by atoms with van der Waals surface area (Å²) < 4.78 is 49.6. The third-order valence-corrected chi connectivity index (χ3v) is 5.11. The molecule has 2 unspecified atom stereocenters. The van der Waals surface area contributed by atoms with Gasteiger partial charge >= 0.3 is 12.3 Å². The van der Waals surface area contributed by atoms with Crippen LogP contribution in [-0.4, -0.2) is 38.2 Å². The van der Waals surface area contributed by atoms with Crippen molar-refractivity contribution in [3.8, 4) is 0 Å². The van der Waals surface area contributed by atoms with Gasteiger partial charge in [-0.25, -0.2) is 4.79 Å². The number of ether oxygens (including phenoxy) is 2. The van der Waals surface area contributed by atoms with Gasteiger partial charge in [-0.05, 0) is 38.0 Å². The molecule has 1 heterocycles. The topological polar surface area (TPSA) is 55.8 Å². The summed E-state index contributed by atoms with van der Waals surface area (Å²) in [6.45, 7) is 3.18. The van der Waals surface area contributed by atoms with Gasteiger partial charge in [-0.2, -0.15) is 13.2 Å². The third-order valence-electron chi connectivity index (χ3n) is 4.55. The van der Waals surface area contributed by atoms with Crippen molar-refractivity contribution in [3.05, 3.63) is 29.3 Å². The van der Waals surface area contributed by atoms with E-state index in [9.17, 15) is 22.8 Å². The number of alkyl halides is 4. The molecule has 2 atom stereocenters. The molecule has 27 heavy (non-hydrogen) atoms. The molecule has 9 heteroatoms. The second-order valence-corrected chi connectivity index (χ2v) is 6.87. The molecular formula is C18H21ClF3NO4. The molecule has 2 rings (SSSR count). The van der Waals surface area contributed by atoms with Crippen LogP contribution < -0.4 is 4.90 Å². The van der Waals surface area contributed by atoms with Gasteiger partial charge in [0, 0.05) is 18.7 Å². The molecule has 0 aromatic heterocycles. The number of Topliss-reactive ketones (excluding diaryl/α,β-unsaturated/α-hetero) is 1. The summed E-state index contributed by atoms with van der Waals surface area (Å²) in [5.74, 6) is -0.561. The minimum atomic E-state index is -4.62. The molecule has 1 aliphatic heterocycles. The second kappa shape index (κ2) is 8.06. The summed E-state index contributed by atoms with van der Waals surface area (Å²) in [5.41, 5.74) is -0.881. The maximum atomic E-state index is 13.2. The Labute approximate surface area is 160 Å². The largest absolute Gasteiger partial charge is 0.449 e. The minimum Gasteiger partial charge on any atom is -0.449 e. The zero-order valence-corrected chi connectivity index (χ0v) is 16.0. The lowest BCUT2D eigenvalue weighted by atomic mass is 9.80. The molecule has 0 spiro atoms. The molecule has 0 saturated carbocycles. The number of ketones is 1. The number of carbonyl (C=O) groups is 2. The van der Waals surface area contributed by atoms with E-state index >= 15 is 0 Å². The zero-order chi connectivity index (χ0) is 20.4. The number of nitrogens with zero attached hydrogens (tertiary/aromatic N) is 1. The van der Waals surface area contributed by atoms with Crippen molar-refractivity contribution in [3.63, 3.8) is 0 Å². The maximum Gasteiger partial charge on any atom is 0.416 e. The molecular weight excluding hydrogens is 387 g/mol. The van der Waals surface area contributed by atoms with Crippen LogP contribution in [0.5, 0.6) is 0 Å². The number of halogens is 4. The molecule has 0 aliphatic carbocycles. The Balaban J connectivity index is 2.69. The number of hydrogen-bond donors (Lipinski definition) is 0. The van der Waals surface area contributed by atoms with Crippen molar-refractivity contribution >= 4 is 29.2 Å². The highest BCUT2D eigenvalue weighted by atomic mass is 35.5. The van der Waals surface area contributed by atoms with Gasteiger partial charge < -0.3 is 9.47 Å². The quantitative estimate of drug-likeness (QED) is 0.674. The van der Waals surface area contributed by atoms with Crippen LogP contribution in [0.2, 0.25) is 0 Å². The summed E-state index contributed by atoms with van der Waals surface area (Å²) >= 11 is 6.60. The molecule has 1 aliphatic rings. The highest BCUT2D eigenvalue weighted by Crippen LogP contribution is 2.49. The van der Waals surface area contributed by atoms with E-state index in [1.54, 1.807) is 13.8 Å². The maximum absolute atomic E-state index is 13.2. The summed E-state index contributed by atoms with van der Waals surface area (Å²) in [5, 5.41) is 0. The molecule has 1 aromatic carbocycles. The van der Waals surface area contributed by atoms with Crippen LogP contribution in [-0.2, 0) is 25.3 Å². The summed E-state index contributed by atoms with van der Waals surface area (Å²) in [7, 11) is 1.30. The van der Waals surface area contributed by atoms with Crippen molar-refractivity contribution < 1.29 is 32.2 Å². The van der Waals surface area contributed by atoms with Crippen LogP contribution in [0, 0.1) is 0 Å². The van der Waals surface area contributed by atoms with Gasteiger partial charge in [-0.3, -0.25) is 9.69 Å². The molecule has 1 amide bonds. The van der Waals surface area contributed by atoms with E-state index in [1.807, 2.05) is 0 Å². The van der Waals surface area contributed by atoms with E-state index < -0.39 is 34.5 Å². The average molecular weight is 408 g/mol. The fraction of sp³-hybridized carbons (Fsp3) is 0.556. The van der Waals surface area contributed by atoms with Crippen LogP contribution in [0.4, 0.5) is 23.7 Å². The van der Waals surface area contributed by atoms with Gasteiger partial charge in [0.1, 0.15) is 11.5 Å². The van der Waals surface area contributed by atoms with E-state index in [1.165, 1.54) is 12.0 Å². The predicted molar refractivity (Wildman–Crippen MR) is 94.1 cm³/mol. The lowest BCUT2D eigenvalue weighted by Gasteiger charge is -2.43. The first-order valence-electron chi connectivity index (χ1n) is 8.49. The fourth-order valence-corrected chi connectivity index (χ4v) is 3.62. The van der Waals surface area contributed by atoms with E-state index in [-0.39, 0.29) is 30.9 Å². The molecule has 0 saturated heterocycles. The first kappa shape index (κ1) is 21.5. The highest BCUT2D eigenvalue weighted by Gasteiger charge is 2.49. The van der Waals surface area contributed by atoms with E-state index in [0.29, 0.717) is 6.42 Å². The van der Waals surface area contributed by atoms with Crippen molar-refractivity contribution in [2.24, 2.45) is 0 Å². The van der Waals surface area contributed by atoms with E-state index in [0.717, 1.165) is 18.2 Å². The monoisotopic (exact) mass is 407 g/mol. The number of rotatable bonds is 5. The summed E-state index contributed by atoms with van der Waals surface area (Å²) in [4.78, 5) is 24.6. The smallest absolute Gasteiger partial charge is 0.416 e.